The molecule has 0 bridgehead atoms. The lowest BCUT2D eigenvalue weighted by atomic mass is 10.0. The molecule has 0 aromatic heterocycles. The largest absolute Gasteiger partial charge is 0.445 e. The summed E-state index contributed by atoms with van der Waals surface area (Å²) in [6.45, 7) is 19.8. The van der Waals surface area contributed by atoms with E-state index in [1.807, 2.05) is 0 Å². The van der Waals surface area contributed by atoms with Crippen molar-refractivity contribution in [3.63, 3.8) is 0 Å². The lowest BCUT2D eigenvalue weighted by Gasteiger charge is -2.38. The van der Waals surface area contributed by atoms with Crippen molar-refractivity contribution in [3.8, 4) is 0 Å². The van der Waals surface area contributed by atoms with Crippen molar-refractivity contribution in [1.29, 1.82) is 0 Å². The zero-order chi connectivity index (χ0) is 24.5. The molecule has 1 unspecified atom stereocenters. The minimum Gasteiger partial charge on any atom is -0.445 e. The highest BCUT2D eigenvalue weighted by Crippen LogP contribution is 2.39. The van der Waals surface area contributed by atoms with Crippen molar-refractivity contribution in [1.82, 2.24) is 15.5 Å². The second-order valence-corrected chi connectivity index (χ2v) is 14.2. The second kappa shape index (κ2) is 12.1. The topological polar surface area (TPSA) is 106 Å². The van der Waals surface area contributed by atoms with Crippen LogP contribution in [0.25, 0.3) is 0 Å². The van der Waals surface area contributed by atoms with Gasteiger partial charge in [0.15, 0.2) is 8.32 Å². The van der Waals surface area contributed by atoms with Gasteiger partial charge in [0.2, 0.25) is 5.91 Å². The van der Waals surface area contributed by atoms with Gasteiger partial charge in [0, 0.05) is 20.0 Å². The van der Waals surface area contributed by atoms with E-state index in [0.29, 0.717) is 13.0 Å². The van der Waals surface area contributed by atoms with Crippen LogP contribution in [0.2, 0.25) is 18.1 Å². The number of likely N-dealkylation sites (tertiary alicyclic amines) is 1. The standard InChI is InChI=1S/C22H39N3O6Si/c1-9-11-29-20(27)23-14-18(24-16(3)26)19-13-17(31-32(7,8)22(4,5)6)15-25(19)21(28)30-12-10-2/h9-10,17-19H,1-2,11-15H2,3-8H3,(H,23,27)(H,24,26)/t17-,18?,19+/m1/s1. The van der Waals surface area contributed by atoms with Gasteiger partial charge < -0.3 is 29.4 Å². The number of carbonyl (C=O) groups excluding carboxylic acids is 3. The number of hydrogen-bond donors (Lipinski definition) is 2. The predicted octanol–water partition coefficient (Wildman–Crippen LogP) is 3.19. The molecule has 182 valence electrons. The Morgan fingerprint density at radius 1 is 1.16 bits per heavy atom. The van der Waals surface area contributed by atoms with Crippen LogP contribution < -0.4 is 10.6 Å². The molecule has 10 heteroatoms. The molecule has 0 radical (unpaired) electrons. The summed E-state index contributed by atoms with van der Waals surface area (Å²) in [6.07, 6.45) is 2.11. The summed E-state index contributed by atoms with van der Waals surface area (Å²) >= 11 is 0. The van der Waals surface area contributed by atoms with Gasteiger partial charge in [-0.3, -0.25) is 4.79 Å². The van der Waals surface area contributed by atoms with Crippen LogP contribution in [-0.4, -0.2) is 75.8 Å². The Balaban J connectivity index is 3.07. The van der Waals surface area contributed by atoms with E-state index in [9.17, 15) is 14.4 Å². The maximum absolute atomic E-state index is 12.8. The highest BCUT2D eigenvalue weighted by atomic mass is 28.4. The van der Waals surface area contributed by atoms with Crippen molar-refractivity contribution in [2.45, 2.75) is 70.4 Å². The molecule has 1 aliphatic rings. The molecule has 32 heavy (non-hydrogen) atoms. The van der Waals surface area contributed by atoms with E-state index in [0.717, 1.165) is 0 Å². The van der Waals surface area contributed by atoms with Gasteiger partial charge in [0.25, 0.3) is 0 Å². The lowest BCUT2D eigenvalue weighted by Crippen LogP contribution is -2.55. The van der Waals surface area contributed by atoms with Crippen LogP contribution in [0, 0.1) is 0 Å². The van der Waals surface area contributed by atoms with Crippen LogP contribution in [0.15, 0.2) is 25.3 Å². The van der Waals surface area contributed by atoms with Crippen LogP contribution in [-0.2, 0) is 18.7 Å². The molecule has 0 saturated carbocycles. The van der Waals surface area contributed by atoms with Crippen molar-refractivity contribution >= 4 is 26.4 Å². The Hall–Kier alpha value is -2.33. The summed E-state index contributed by atoms with van der Waals surface area (Å²) in [5.41, 5.74) is 0. The van der Waals surface area contributed by atoms with Crippen molar-refractivity contribution in [2.75, 3.05) is 26.3 Å². The summed E-state index contributed by atoms with van der Waals surface area (Å²) in [7, 11) is -2.09. The fourth-order valence-electron chi connectivity index (χ4n) is 3.23. The van der Waals surface area contributed by atoms with E-state index < -0.39 is 32.6 Å². The molecule has 0 aliphatic carbocycles. The van der Waals surface area contributed by atoms with Gasteiger partial charge >= 0.3 is 12.2 Å². The zero-order valence-electron chi connectivity index (χ0n) is 20.2. The van der Waals surface area contributed by atoms with Crippen LogP contribution in [0.5, 0.6) is 0 Å². The van der Waals surface area contributed by atoms with Gasteiger partial charge in [-0.25, -0.2) is 9.59 Å². The van der Waals surface area contributed by atoms with Crippen LogP contribution >= 0.6 is 0 Å². The molecule has 1 fully saturated rings. The van der Waals surface area contributed by atoms with E-state index in [4.69, 9.17) is 13.9 Å². The van der Waals surface area contributed by atoms with Crippen LogP contribution in [0.3, 0.4) is 0 Å². The molecule has 3 atom stereocenters. The second-order valence-electron chi connectivity index (χ2n) is 9.40. The summed E-state index contributed by atoms with van der Waals surface area (Å²) in [5.74, 6) is -0.274. The summed E-state index contributed by atoms with van der Waals surface area (Å²) in [4.78, 5) is 38.1. The van der Waals surface area contributed by atoms with Crippen molar-refractivity contribution in [2.24, 2.45) is 0 Å². The number of alkyl carbamates (subject to hydrolysis) is 1. The Kier molecular flexibility index (Phi) is 10.4. The van der Waals surface area contributed by atoms with Crippen molar-refractivity contribution in [3.05, 3.63) is 25.3 Å². The number of nitrogens with one attached hydrogen (secondary N) is 2. The normalized spacial score (nSPS) is 19.6. The number of rotatable bonds is 10. The maximum Gasteiger partial charge on any atom is 0.410 e. The minimum absolute atomic E-state index is 0.00671. The first-order chi connectivity index (χ1) is 14.8. The Morgan fingerprint density at radius 2 is 1.75 bits per heavy atom. The molecule has 1 saturated heterocycles. The first kappa shape index (κ1) is 27.7. The highest BCUT2D eigenvalue weighted by molar-refractivity contribution is 6.74. The van der Waals surface area contributed by atoms with Crippen molar-refractivity contribution < 1.29 is 28.3 Å². The molecule has 0 spiro atoms. The smallest absolute Gasteiger partial charge is 0.410 e. The van der Waals surface area contributed by atoms with Gasteiger partial charge in [-0.2, -0.15) is 0 Å². The average molecular weight is 470 g/mol. The summed E-state index contributed by atoms with van der Waals surface area (Å²) in [5, 5.41) is 5.49. The van der Waals surface area contributed by atoms with Gasteiger partial charge in [-0.05, 0) is 24.6 Å². The predicted molar refractivity (Wildman–Crippen MR) is 126 cm³/mol. The SMILES string of the molecule is C=CCOC(=O)NCC(NC(C)=O)[C@@H]1C[C@@H](O[Si](C)(C)C(C)(C)C)CN1C(=O)OCC=C. The molecular formula is C22H39N3O6Si. The van der Waals surface area contributed by atoms with E-state index in [1.165, 1.54) is 19.1 Å². The third-order valence-corrected chi connectivity index (χ3v) is 10.3. The minimum atomic E-state index is -2.09. The molecule has 1 aliphatic heterocycles. The third-order valence-electron chi connectivity index (χ3n) is 5.78. The zero-order valence-corrected chi connectivity index (χ0v) is 21.2. The summed E-state index contributed by atoms with van der Waals surface area (Å²) in [6, 6.07) is -0.973. The first-order valence-corrected chi connectivity index (χ1v) is 13.7. The quantitative estimate of drug-likeness (QED) is 0.376. The Morgan fingerprint density at radius 3 is 2.28 bits per heavy atom. The molecule has 1 heterocycles. The van der Waals surface area contributed by atoms with E-state index in [2.05, 4.69) is 57.7 Å². The van der Waals surface area contributed by atoms with Gasteiger partial charge in [0.1, 0.15) is 13.2 Å². The Labute approximate surface area is 192 Å². The van der Waals surface area contributed by atoms with E-state index in [1.54, 1.807) is 4.90 Å². The molecule has 9 nitrogen and oxygen atoms in total. The number of ether oxygens (including phenoxy) is 2. The van der Waals surface area contributed by atoms with Gasteiger partial charge in [0.05, 0.1) is 18.2 Å². The summed E-state index contributed by atoms with van der Waals surface area (Å²) < 4.78 is 16.8. The van der Waals surface area contributed by atoms with Crippen LogP contribution in [0.1, 0.15) is 34.1 Å². The number of carbonyl (C=O) groups is 3. The number of amides is 3. The molecule has 0 aromatic rings. The van der Waals surface area contributed by atoms with Gasteiger partial charge in [-0.1, -0.05) is 46.1 Å². The van der Waals surface area contributed by atoms with Crippen LogP contribution in [0.4, 0.5) is 9.59 Å². The fraction of sp³-hybridized carbons (Fsp3) is 0.682. The maximum atomic E-state index is 12.8. The fourth-order valence-corrected chi connectivity index (χ4v) is 4.59. The number of nitrogens with zero attached hydrogens (tertiary/aromatic N) is 1. The molecular weight excluding hydrogens is 430 g/mol. The molecule has 2 N–H and O–H groups in total. The molecule has 1 rings (SSSR count). The molecule has 0 aromatic carbocycles. The third kappa shape index (κ3) is 8.31. The van der Waals surface area contributed by atoms with E-state index in [-0.39, 0.29) is 36.8 Å². The van der Waals surface area contributed by atoms with E-state index >= 15 is 0 Å². The first-order valence-electron chi connectivity index (χ1n) is 10.8. The highest BCUT2D eigenvalue weighted by Gasteiger charge is 2.46. The average Bonchev–Trinajstić information content (AvgIpc) is 3.09. The Bertz CT molecular complexity index is 692. The van der Waals surface area contributed by atoms with Gasteiger partial charge in [-0.15, -0.1) is 0 Å². The lowest BCUT2D eigenvalue weighted by molar-refractivity contribution is -0.120. The monoisotopic (exact) mass is 469 g/mol. The molecule has 3 amide bonds. The number of hydrogen-bond acceptors (Lipinski definition) is 6.